The number of hydrogen-bond donors (Lipinski definition) is 1. The highest BCUT2D eigenvalue weighted by molar-refractivity contribution is 5.90. The molecule has 1 fully saturated rings. The van der Waals surface area contributed by atoms with Gasteiger partial charge >= 0.3 is 12.3 Å². The van der Waals surface area contributed by atoms with E-state index in [4.69, 9.17) is 23.4 Å². The van der Waals surface area contributed by atoms with Crippen molar-refractivity contribution in [2.75, 3.05) is 13.2 Å². The first kappa shape index (κ1) is 31.3. The van der Waals surface area contributed by atoms with Gasteiger partial charge in [-0.2, -0.15) is 13.2 Å². The molecule has 4 aromatic rings. The smallest absolute Gasteiger partial charge is 0.416 e. The molecule has 234 valence electrons. The Morgan fingerprint density at radius 1 is 0.909 bits per heavy atom. The molecular weight excluding hydrogens is 579 g/mol. The molecule has 1 N–H and O–H groups in total. The molecule has 1 amide bonds. The number of hydrogen-bond acceptors (Lipinski definition) is 7. The van der Waals surface area contributed by atoms with E-state index in [9.17, 15) is 22.8 Å². The van der Waals surface area contributed by atoms with E-state index < -0.39 is 34.8 Å². The molecule has 11 heteroatoms. The van der Waals surface area contributed by atoms with E-state index in [1.54, 1.807) is 52.8 Å². The lowest BCUT2D eigenvalue weighted by atomic mass is 9.91. The van der Waals surface area contributed by atoms with Crippen LogP contribution in [0, 0.1) is 0 Å². The number of benzene rings is 3. The number of alkyl carbamates (subject to hydrolysis) is 1. The minimum Gasteiger partial charge on any atom is -0.457 e. The van der Waals surface area contributed by atoms with Crippen LogP contribution in [-0.2, 0) is 26.8 Å². The Labute approximate surface area is 252 Å². The zero-order valence-corrected chi connectivity index (χ0v) is 25.1. The van der Waals surface area contributed by atoms with Gasteiger partial charge in [-0.05, 0) is 102 Å². The van der Waals surface area contributed by atoms with Crippen LogP contribution in [0.15, 0.2) is 69.9 Å². The van der Waals surface area contributed by atoms with Crippen molar-refractivity contribution < 1.29 is 41.3 Å². The van der Waals surface area contributed by atoms with Crippen LogP contribution in [-0.4, -0.2) is 36.2 Å². The Kier molecular flexibility index (Phi) is 8.15. The predicted octanol–water partition coefficient (Wildman–Crippen LogP) is 7.74. The summed E-state index contributed by atoms with van der Waals surface area (Å²) in [6, 6.07) is 14.3. The highest BCUT2D eigenvalue weighted by Crippen LogP contribution is 2.34. The van der Waals surface area contributed by atoms with Crippen molar-refractivity contribution >= 4 is 28.0 Å². The molecule has 8 nitrogen and oxygen atoms in total. The van der Waals surface area contributed by atoms with Gasteiger partial charge in [0.1, 0.15) is 28.3 Å². The molecule has 0 aliphatic carbocycles. The summed E-state index contributed by atoms with van der Waals surface area (Å²) < 4.78 is 68.2. The molecule has 1 saturated heterocycles. The lowest BCUT2D eigenvalue weighted by molar-refractivity contribution is -0.271. The maximum absolute atomic E-state index is 13.4. The summed E-state index contributed by atoms with van der Waals surface area (Å²) in [6.45, 7) is 9.41. The summed E-state index contributed by atoms with van der Waals surface area (Å²) in [4.78, 5) is 26.1. The summed E-state index contributed by atoms with van der Waals surface area (Å²) >= 11 is 0. The lowest BCUT2D eigenvalue weighted by Crippen LogP contribution is -2.61. The van der Waals surface area contributed by atoms with Crippen molar-refractivity contribution in [3.8, 4) is 11.5 Å². The lowest BCUT2D eigenvalue weighted by Gasteiger charge is -2.44. The Hall–Kier alpha value is -4.09. The first-order valence-electron chi connectivity index (χ1n) is 14.1. The van der Waals surface area contributed by atoms with E-state index in [-0.39, 0.29) is 35.5 Å². The number of carbonyl (C=O) groups excluding carboxylic acids is 1. The number of alkyl halides is 3. The molecule has 1 aromatic heterocycles. The van der Waals surface area contributed by atoms with Crippen LogP contribution in [0.4, 0.5) is 18.0 Å². The molecule has 0 saturated carbocycles. The fraction of sp³-hybridized carbons (Fsp3) is 0.394. The van der Waals surface area contributed by atoms with Gasteiger partial charge in [0.05, 0.1) is 35.1 Å². The minimum atomic E-state index is -4.51. The van der Waals surface area contributed by atoms with Gasteiger partial charge in [0.2, 0.25) is 5.43 Å². The van der Waals surface area contributed by atoms with Gasteiger partial charge in [0.25, 0.3) is 0 Å². The molecule has 0 spiro atoms. The molecule has 0 atom stereocenters. The zero-order valence-electron chi connectivity index (χ0n) is 25.1. The fourth-order valence-electron chi connectivity index (χ4n) is 4.86. The topological polar surface area (TPSA) is 96.2 Å². The van der Waals surface area contributed by atoms with E-state index in [1.807, 2.05) is 6.07 Å². The summed E-state index contributed by atoms with van der Waals surface area (Å²) in [5.74, 6) is -0.599. The van der Waals surface area contributed by atoms with Crippen LogP contribution in [0.3, 0.4) is 0 Å². The number of rotatable bonds is 6. The first-order valence-corrected chi connectivity index (χ1v) is 14.1. The van der Waals surface area contributed by atoms with Crippen molar-refractivity contribution in [1.82, 2.24) is 5.32 Å². The molecule has 5 rings (SSSR count). The molecule has 0 bridgehead atoms. The van der Waals surface area contributed by atoms with E-state index in [0.717, 1.165) is 17.7 Å². The van der Waals surface area contributed by atoms with Crippen LogP contribution >= 0.6 is 0 Å². The number of halogens is 3. The molecule has 0 unspecified atom stereocenters. The SMILES string of the molecule is CC(C)(C)OC(=O)NC1(CCc2ccc3c(=O)c4cc(Oc5cccc(C(F)(F)F)c5)ccc4oc3c2)COC(C)(C)OC1. The number of nitrogens with one attached hydrogen (secondary N) is 1. The predicted molar refractivity (Wildman–Crippen MR) is 158 cm³/mol. The second-order valence-corrected chi connectivity index (χ2v) is 12.4. The van der Waals surface area contributed by atoms with Gasteiger partial charge in [-0.15, -0.1) is 0 Å². The fourth-order valence-corrected chi connectivity index (χ4v) is 4.86. The van der Waals surface area contributed by atoms with E-state index in [1.165, 1.54) is 24.3 Å². The number of fused-ring (bicyclic) bond motifs is 2. The standard InChI is InChI=1S/C33H34F3NO7/c1-30(2,3)44-29(39)37-32(18-40-31(4,5)41-19-32)14-13-20-9-11-24-27(15-20)43-26-12-10-23(17-25(26)28(24)38)42-22-8-6-7-21(16-22)33(34,35)36/h6-12,15-17H,13-14,18-19H2,1-5H3,(H,37,39). The van der Waals surface area contributed by atoms with Gasteiger partial charge in [0, 0.05) is 0 Å². The van der Waals surface area contributed by atoms with E-state index in [0.29, 0.717) is 29.4 Å². The molecule has 3 aromatic carbocycles. The number of carbonyl (C=O) groups is 1. The number of amides is 1. The maximum Gasteiger partial charge on any atom is 0.416 e. The van der Waals surface area contributed by atoms with Crippen molar-refractivity contribution in [2.45, 2.75) is 70.6 Å². The third-order valence-electron chi connectivity index (χ3n) is 7.15. The minimum absolute atomic E-state index is 0.00903. The van der Waals surface area contributed by atoms with Crippen LogP contribution in [0.2, 0.25) is 0 Å². The Morgan fingerprint density at radius 3 is 2.30 bits per heavy atom. The number of ether oxygens (including phenoxy) is 4. The molecule has 44 heavy (non-hydrogen) atoms. The Morgan fingerprint density at radius 2 is 1.61 bits per heavy atom. The van der Waals surface area contributed by atoms with Crippen LogP contribution in [0.5, 0.6) is 11.5 Å². The zero-order chi connectivity index (χ0) is 31.9. The molecule has 0 radical (unpaired) electrons. The molecular formula is C33H34F3NO7. The Balaban J connectivity index is 1.37. The molecule has 1 aliphatic rings. The largest absolute Gasteiger partial charge is 0.457 e. The van der Waals surface area contributed by atoms with Gasteiger partial charge in [-0.1, -0.05) is 12.1 Å². The molecule has 1 aliphatic heterocycles. The van der Waals surface area contributed by atoms with Crippen molar-refractivity contribution in [3.63, 3.8) is 0 Å². The second-order valence-electron chi connectivity index (χ2n) is 12.4. The van der Waals surface area contributed by atoms with E-state index in [2.05, 4.69) is 5.32 Å². The highest BCUT2D eigenvalue weighted by atomic mass is 19.4. The maximum atomic E-state index is 13.4. The van der Waals surface area contributed by atoms with Crippen molar-refractivity contribution in [1.29, 1.82) is 0 Å². The monoisotopic (exact) mass is 613 g/mol. The van der Waals surface area contributed by atoms with Crippen molar-refractivity contribution in [3.05, 3.63) is 82.0 Å². The van der Waals surface area contributed by atoms with Crippen LogP contribution in [0.25, 0.3) is 21.9 Å². The third kappa shape index (κ3) is 7.34. The number of aryl methyl sites for hydroxylation is 1. The van der Waals surface area contributed by atoms with E-state index >= 15 is 0 Å². The summed E-state index contributed by atoms with van der Waals surface area (Å²) in [6.07, 6.45) is -4.12. The summed E-state index contributed by atoms with van der Waals surface area (Å²) in [5, 5.41) is 3.52. The van der Waals surface area contributed by atoms with Gasteiger partial charge in [-0.25, -0.2) is 4.79 Å². The highest BCUT2D eigenvalue weighted by Gasteiger charge is 2.42. The molecule has 2 heterocycles. The first-order chi connectivity index (χ1) is 20.5. The normalized spacial score (nSPS) is 16.5. The Bertz CT molecular complexity index is 1740. The second kappa shape index (κ2) is 11.4. The van der Waals surface area contributed by atoms with Crippen molar-refractivity contribution in [2.24, 2.45) is 0 Å². The van der Waals surface area contributed by atoms with Gasteiger partial charge < -0.3 is 28.7 Å². The summed E-state index contributed by atoms with van der Waals surface area (Å²) in [5.41, 5.74) is -1.12. The third-order valence-corrected chi connectivity index (χ3v) is 7.15. The van der Waals surface area contributed by atoms with Gasteiger partial charge in [0.15, 0.2) is 5.79 Å². The summed E-state index contributed by atoms with van der Waals surface area (Å²) in [7, 11) is 0. The van der Waals surface area contributed by atoms with Crippen LogP contribution < -0.4 is 15.5 Å². The van der Waals surface area contributed by atoms with Crippen LogP contribution in [0.1, 0.15) is 52.2 Å². The average Bonchev–Trinajstić information content (AvgIpc) is 2.93. The average molecular weight is 614 g/mol. The van der Waals surface area contributed by atoms with Gasteiger partial charge in [-0.3, -0.25) is 4.79 Å². The quantitative estimate of drug-likeness (QED) is 0.222.